The minimum atomic E-state index is -1.33. The van der Waals surface area contributed by atoms with E-state index in [-0.39, 0.29) is 30.9 Å². The van der Waals surface area contributed by atoms with Crippen LogP contribution in [0.15, 0.2) is 36.4 Å². The highest BCUT2D eigenvalue weighted by Crippen LogP contribution is 2.46. The molecule has 1 saturated heterocycles. The Bertz CT molecular complexity index is 1130. The van der Waals surface area contributed by atoms with Crippen molar-refractivity contribution in [2.24, 2.45) is 5.73 Å². The predicted octanol–water partition coefficient (Wildman–Crippen LogP) is 1.21. The molecular formula is C22H21F3N4O3. The number of rotatable bonds is 5. The number of anilines is 1. The minimum Gasteiger partial charge on any atom is -0.368 e. The highest BCUT2D eigenvalue weighted by molar-refractivity contribution is 6.08. The SMILES string of the molecule is CN[C@@H](Cc1cc(F)c(F)cc1F)C(=O)N1C[C@]2(C[C@H]1C(N)=O)C(=O)Nc1ccccc12. The van der Waals surface area contributed by atoms with Crippen LogP contribution in [0.3, 0.4) is 0 Å². The Kier molecular flexibility index (Phi) is 5.41. The number of fused-ring (bicyclic) bond motifs is 2. The monoisotopic (exact) mass is 446 g/mol. The van der Waals surface area contributed by atoms with Crippen LogP contribution >= 0.6 is 0 Å². The van der Waals surface area contributed by atoms with E-state index in [1.807, 2.05) is 0 Å². The number of para-hydroxylation sites is 1. The van der Waals surface area contributed by atoms with Gasteiger partial charge in [0.15, 0.2) is 11.6 Å². The molecule has 2 heterocycles. The third-order valence-corrected chi connectivity index (χ3v) is 6.26. The fourth-order valence-corrected chi connectivity index (χ4v) is 4.58. The maximum Gasteiger partial charge on any atom is 0.240 e. The summed E-state index contributed by atoms with van der Waals surface area (Å²) in [5.74, 6) is -5.29. The summed E-state index contributed by atoms with van der Waals surface area (Å²) in [7, 11) is 1.45. The topological polar surface area (TPSA) is 105 Å². The first-order valence-corrected chi connectivity index (χ1v) is 9.99. The molecule has 0 aromatic heterocycles. The summed E-state index contributed by atoms with van der Waals surface area (Å²) < 4.78 is 41.0. The lowest BCUT2D eigenvalue weighted by Crippen LogP contribution is -2.52. The molecule has 168 valence electrons. The molecule has 1 fully saturated rings. The predicted molar refractivity (Wildman–Crippen MR) is 109 cm³/mol. The number of likely N-dealkylation sites (N-methyl/N-ethyl adjacent to an activating group) is 1. The summed E-state index contributed by atoms with van der Waals surface area (Å²) in [4.78, 5) is 39.7. The maximum absolute atomic E-state index is 14.1. The molecule has 0 radical (unpaired) electrons. The summed E-state index contributed by atoms with van der Waals surface area (Å²) in [6.45, 7) is -0.0965. The molecule has 3 atom stereocenters. The quantitative estimate of drug-likeness (QED) is 0.601. The molecule has 2 aromatic carbocycles. The van der Waals surface area contributed by atoms with Gasteiger partial charge in [0.05, 0.1) is 11.5 Å². The molecule has 4 rings (SSSR count). The molecular weight excluding hydrogens is 425 g/mol. The fraction of sp³-hybridized carbons (Fsp3) is 0.318. The number of carbonyl (C=O) groups excluding carboxylic acids is 3. The van der Waals surface area contributed by atoms with Crippen LogP contribution in [0.4, 0.5) is 18.9 Å². The van der Waals surface area contributed by atoms with Gasteiger partial charge in [0.25, 0.3) is 0 Å². The van der Waals surface area contributed by atoms with Crippen LogP contribution in [-0.4, -0.2) is 48.3 Å². The van der Waals surface area contributed by atoms with E-state index in [2.05, 4.69) is 10.6 Å². The second-order valence-corrected chi connectivity index (χ2v) is 8.07. The van der Waals surface area contributed by atoms with E-state index in [1.54, 1.807) is 24.3 Å². The number of halogens is 3. The average molecular weight is 446 g/mol. The largest absolute Gasteiger partial charge is 0.368 e. The number of amides is 3. The normalized spacial score (nSPS) is 22.7. The number of benzene rings is 2. The third kappa shape index (κ3) is 3.40. The van der Waals surface area contributed by atoms with Gasteiger partial charge in [-0.05, 0) is 43.1 Å². The van der Waals surface area contributed by atoms with E-state index in [0.29, 0.717) is 23.4 Å². The van der Waals surface area contributed by atoms with E-state index in [0.717, 1.165) is 0 Å². The van der Waals surface area contributed by atoms with Crippen molar-refractivity contribution >= 4 is 23.4 Å². The number of likely N-dealkylation sites (tertiary alicyclic amines) is 1. The van der Waals surface area contributed by atoms with Crippen molar-refractivity contribution in [1.29, 1.82) is 0 Å². The van der Waals surface area contributed by atoms with Gasteiger partial charge in [-0.1, -0.05) is 18.2 Å². The lowest BCUT2D eigenvalue weighted by molar-refractivity contribution is -0.139. The van der Waals surface area contributed by atoms with E-state index in [1.165, 1.54) is 11.9 Å². The lowest BCUT2D eigenvalue weighted by Gasteiger charge is -2.28. The summed E-state index contributed by atoms with van der Waals surface area (Å²) in [5, 5.41) is 5.51. The third-order valence-electron chi connectivity index (χ3n) is 6.26. The van der Waals surface area contributed by atoms with Crippen LogP contribution in [0, 0.1) is 17.5 Å². The van der Waals surface area contributed by atoms with Crippen LogP contribution in [0.1, 0.15) is 17.5 Å². The van der Waals surface area contributed by atoms with Gasteiger partial charge >= 0.3 is 0 Å². The molecule has 10 heteroatoms. The van der Waals surface area contributed by atoms with E-state index >= 15 is 0 Å². The molecule has 0 unspecified atom stereocenters. The van der Waals surface area contributed by atoms with Crippen LogP contribution in [0.25, 0.3) is 0 Å². The van der Waals surface area contributed by atoms with Crippen molar-refractivity contribution in [2.45, 2.75) is 30.3 Å². The number of carbonyl (C=O) groups is 3. The molecule has 1 spiro atoms. The molecule has 2 aliphatic heterocycles. The van der Waals surface area contributed by atoms with Gasteiger partial charge < -0.3 is 21.3 Å². The van der Waals surface area contributed by atoms with Gasteiger partial charge in [-0.2, -0.15) is 0 Å². The highest BCUT2D eigenvalue weighted by Gasteiger charge is 2.57. The molecule has 0 aliphatic carbocycles. The summed E-state index contributed by atoms with van der Waals surface area (Å²) in [6.07, 6.45) is -0.289. The van der Waals surface area contributed by atoms with Crippen molar-refractivity contribution in [1.82, 2.24) is 10.2 Å². The minimum absolute atomic E-state index is 0.00684. The van der Waals surface area contributed by atoms with Crippen LogP contribution in [-0.2, 0) is 26.2 Å². The molecule has 0 bridgehead atoms. The Morgan fingerprint density at radius 1 is 1.22 bits per heavy atom. The summed E-state index contributed by atoms with van der Waals surface area (Å²) in [5.41, 5.74) is 5.48. The van der Waals surface area contributed by atoms with Crippen molar-refractivity contribution in [3.63, 3.8) is 0 Å². The average Bonchev–Trinajstić information content (AvgIpc) is 3.29. The lowest BCUT2D eigenvalue weighted by atomic mass is 9.79. The number of nitrogens with two attached hydrogens (primary N) is 1. The van der Waals surface area contributed by atoms with Crippen LogP contribution in [0.5, 0.6) is 0 Å². The first kappa shape index (κ1) is 21.8. The Labute approximate surface area is 181 Å². The van der Waals surface area contributed by atoms with E-state index in [9.17, 15) is 27.6 Å². The fourth-order valence-electron chi connectivity index (χ4n) is 4.58. The molecule has 32 heavy (non-hydrogen) atoms. The van der Waals surface area contributed by atoms with Gasteiger partial charge in [0.1, 0.15) is 11.9 Å². The molecule has 7 nitrogen and oxygen atoms in total. The Hall–Kier alpha value is -3.40. The second-order valence-electron chi connectivity index (χ2n) is 8.07. The number of primary amides is 1. The first-order valence-electron chi connectivity index (χ1n) is 9.99. The van der Waals surface area contributed by atoms with Crippen molar-refractivity contribution < 1.29 is 27.6 Å². The summed E-state index contributed by atoms with van der Waals surface area (Å²) in [6, 6.07) is 5.98. The zero-order valence-electron chi connectivity index (χ0n) is 17.1. The standard InChI is InChI=1S/C22H21F3N4O3/c1-27-17(7-11-6-14(24)15(25)8-13(11)23)20(31)29-10-22(9-18(29)19(26)30)12-4-2-3-5-16(12)28-21(22)32/h2-6,8,17-18,27H,7,9-10H2,1H3,(H2,26,30)(H,28,32)/t17-,18-,22-/m0/s1. The smallest absolute Gasteiger partial charge is 0.240 e. The van der Waals surface area contributed by atoms with Crippen molar-refractivity contribution in [2.75, 3.05) is 18.9 Å². The molecule has 2 aliphatic rings. The second kappa shape index (κ2) is 7.94. The number of hydrogen-bond acceptors (Lipinski definition) is 4. The highest BCUT2D eigenvalue weighted by atomic mass is 19.2. The van der Waals surface area contributed by atoms with Crippen molar-refractivity contribution in [3.8, 4) is 0 Å². The van der Waals surface area contributed by atoms with Gasteiger partial charge in [0.2, 0.25) is 17.7 Å². The van der Waals surface area contributed by atoms with E-state index < -0.39 is 46.8 Å². The van der Waals surface area contributed by atoms with Crippen LogP contribution < -0.4 is 16.4 Å². The van der Waals surface area contributed by atoms with E-state index in [4.69, 9.17) is 5.73 Å². The molecule has 3 amide bonds. The zero-order chi connectivity index (χ0) is 23.2. The van der Waals surface area contributed by atoms with Gasteiger partial charge in [-0.25, -0.2) is 13.2 Å². The molecule has 0 saturated carbocycles. The number of nitrogens with one attached hydrogen (secondary N) is 2. The van der Waals surface area contributed by atoms with Gasteiger partial charge in [-0.15, -0.1) is 0 Å². The first-order chi connectivity index (χ1) is 15.2. The van der Waals surface area contributed by atoms with Gasteiger partial charge in [-0.3, -0.25) is 14.4 Å². The number of nitrogens with zero attached hydrogens (tertiary/aromatic N) is 1. The Balaban J connectivity index is 1.65. The Morgan fingerprint density at radius 3 is 2.59 bits per heavy atom. The van der Waals surface area contributed by atoms with Crippen LogP contribution in [0.2, 0.25) is 0 Å². The summed E-state index contributed by atoms with van der Waals surface area (Å²) >= 11 is 0. The van der Waals surface area contributed by atoms with Gasteiger partial charge in [0, 0.05) is 18.3 Å². The maximum atomic E-state index is 14.1. The number of hydrogen-bond donors (Lipinski definition) is 3. The zero-order valence-corrected chi connectivity index (χ0v) is 17.1. The molecule has 4 N–H and O–H groups in total. The Morgan fingerprint density at radius 2 is 1.91 bits per heavy atom. The molecule has 2 aromatic rings. The van der Waals surface area contributed by atoms with Crippen molar-refractivity contribution in [3.05, 3.63) is 65.0 Å².